The van der Waals surface area contributed by atoms with Crippen molar-refractivity contribution < 1.29 is 9.90 Å². The first kappa shape index (κ1) is 13.6. The maximum absolute atomic E-state index is 11.3. The summed E-state index contributed by atoms with van der Waals surface area (Å²) in [5.74, 6) is -1.03. The molecule has 4 heteroatoms. The third kappa shape index (κ3) is 3.05. The number of hydrogen-bond donors (Lipinski definition) is 1. The minimum Gasteiger partial charge on any atom is -0.481 e. The van der Waals surface area contributed by atoms with Gasteiger partial charge in [0.05, 0.1) is 5.92 Å². The van der Waals surface area contributed by atoms with Gasteiger partial charge in [0.1, 0.15) is 0 Å². The summed E-state index contributed by atoms with van der Waals surface area (Å²) in [7, 11) is 0. The molecule has 3 rings (SSSR count). The zero-order valence-electron chi connectivity index (χ0n) is 11.8. The van der Waals surface area contributed by atoms with Gasteiger partial charge in [0.25, 0.3) is 0 Å². The molecule has 21 heavy (non-hydrogen) atoms. The topological polar surface area (TPSA) is 53.4 Å². The van der Waals surface area contributed by atoms with Gasteiger partial charge in [0, 0.05) is 31.2 Å². The third-order valence-electron chi connectivity index (χ3n) is 4.01. The Morgan fingerprint density at radius 3 is 2.76 bits per heavy atom. The molecule has 108 valence electrons. The molecular formula is C17H18N2O2. The van der Waals surface area contributed by atoms with Crippen molar-refractivity contribution in [1.29, 1.82) is 0 Å². The first-order chi connectivity index (χ1) is 10.2. The minimum absolute atomic E-state index is 0.322. The normalized spacial score (nSPS) is 17.3. The van der Waals surface area contributed by atoms with Crippen LogP contribution in [-0.2, 0) is 17.6 Å². The van der Waals surface area contributed by atoms with Crippen LogP contribution in [0.5, 0.6) is 0 Å². The van der Waals surface area contributed by atoms with E-state index in [2.05, 4.69) is 16.0 Å². The number of hydrogen-bond acceptors (Lipinski definition) is 3. The van der Waals surface area contributed by atoms with Crippen molar-refractivity contribution in [2.24, 2.45) is 5.92 Å². The van der Waals surface area contributed by atoms with Gasteiger partial charge in [-0.15, -0.1) is 0 Å². The number of pyridine rings is 1. The summed E-state index contributed by atoms with van der Waals surface area (Å²) in [6.45, 7) is 1.40. The predicted molar refractivity (Wildman–Crippen MR) is 81.4 cm³/mol. The molecule has 0 fully saturated rings. The van der Waals surface area contributed by atoms with Gasteiger partial charge in [-0.3, -0.25) is 9.78 Å². The Bertz CT molecular complexity index is 628. The molecule has 4 nitrogen and oxygen atoms in total. The van der Waals surface area contributed by atoms with Crippen molar-refractivity contribution in [2.75, 3.05) is 18.0 Å². The Morgan fingerprint density at radius 2 is 2.00 bits per heavy atom. The molecule has 2 heterocycles. The molecule has 1 unspecified atom stereocenters. The maximum atomic E-state index is 11.3. The van der Waals surface area contributed by atoms with Gasteiger partial charge in [-0.1, -0.05) is 18.2 Å². The van der Waals surface area contributed by atoms with Crippen LogP contribution in [0, 0.1) is 5.92 Å². The lowest BCUT2D eigenvalue weighted by Crippen LogP contribution is -2.40. The lowest BCUT2D eigenvalue weighted by atomic mass is 9.92. The fourth-order valence-corrected chi connectivity index (χ4v) is 2.88. The largest absolute Gasteiger partial charge is 0.481 e. The van der Waals surface area contributed by atoms with Crippen molar-refractivity contribution in [3.8, 4) is 0 Å². The monoisotopic (exact) mass is 282 g/mol. The van der Waals surface area contributed by atoms with Gasteiger partial charge in [-0.2, -0.15) is 0 Å². The maximum Gasteiger partial charge on any atom is 0.308 e. The van der Waals surface area contributed by atoms with E-state index in [0.29, 0.717) is 13.0 Å². The molecule has 1 N–H and O–H groups in total. The lowest BCUT2D eigenvalue weighted by molar-refractivity contribution is -0.141. The Labute approximate surface area is 124 Å². The predicted octanol–water partition coefficient (Wildman–Crippen LogP) is 2.39. The van der Waals surface area contributed by atoms with Crippen LogP contribution in [0.25, 0.3) is 0 Å². The molecule has 0 amide bonds. The van der Waals surface area contributed by atoms with E-state index in [0.717, 1.165) is 18.5 Å². The fourth-order valence-electron chi connectivity index (χ4n) is 2.88. The van der Waals surface area contributed by atoms with Crippen molar-refractivity contribution >= 4 is 11.7 Å². The standard InChI is InChI=1S/C17H18N2O2/c20-17(21)15-11-14-3-1-2-4-16(14)19(12-15)10-7-13-5-8-18-9-6-13/h1-6,8-9,15H,7,10-12H2,(H,20,21). The Balaban J connectivity index is 1.78. The van der Waals surface area contributed by atoms with E-state index in [1.807, 2.05) is 30.3 Å². The summed E-state index contributed by atoms with van der Waals surface area (Å²) in [4.78, 5) is 17.6. The van der Waals surface area contributed by atoms with Gasteiger partial charge in [0.15, 0.2) is 0 Å². The number of aliphatic carboxylic acids is 1. The zero-order valence-corrected chi connectivity index (χ0v) is 11.8. The van der Waals surface area contributed by atoms with E-state index in [1.165, 1.54) is 11.3 Å². The molecule has 1 aromatic heterocycles. The number of fused-ring (bicyclic) bond motifs is 1. The number of benzene rings is 1. The van der Waals surface area contributed by atoms with Crippen molar-refractivity contribution in [3.05, 3.63) is 59.9 Å². The fraction of sp³-hybridized carbons (Fsp3) is 0.294. The SMILES string of the molecule is O=C(O)C1Cc2ccccc2N(CCc2ccncc2)C1. The smallest absolute Gasteiger partial charge is 0.308 e. The molecule has 0 saturated carbocycles. The second kappa shape index (κ2) is 5.95. The highest BCUT2D eigenvalue weighted by molar-refractivity contribution is 5.73. The Morgan fingerprint density at radius 1 is 1.24 bits per heavy atom. The number of carboxylic acids is 1. The van der Waals surface area contributed by atoms with E-state index in [4.69, 9.17) is 0 Å². The molecule has 1 aliphatic rings. The highest BCUT2D eigenvalue weighted by Crippen LogP contribution is 2.29. The summed E-state index contributed by atoms with van der Waals surface area (Å²) in [5, 5.41) is 9.33. The molecule has 1 aromatic carbocycles. The van der Waals surface area contributed by atoms with Crippen LogP contribution in [0.4, 0.5) is 5.69 Å². The van der Waals surface area contributed by atoms with E-state index in [1.54, 1.807) is 12.4 Å². The number of nitrogens with zero attached hydrogens (tertiary/aromatic N) is 2. The molecule has 2 aromatic rings. The second-order valence-corrected chi connectivity index (χ2v) is 5.42. The van der Waals surface area contributed by atoms with Crippen molar-refractivity contribution in [2.45, 2.75) is 12.8 Å². The first-order valence-electron chi connectivity index (χ1n) is 7.18. The molecule has 1 aliphatic heterocycles. The van der Waals surface area contributed by atoms with Gasteiger partial charge < -0.3 is 10.0 Å². The molecule has 0 saturated heterocycles. The Kier molecular flexibility index (Phi) is 3.86. The average Bonchev–Trinajstić information content (AvgIpc) is 2.53. The summed E-state index contributed by atoms with van der Waals surface area (Å²) < 4.78 is 0. The van der Waals surface area contributed by atoms with Crippen LogP contribution >= 0.6 is 0 Å². The highest BCUT2D eigenvalue weighted by Gasteiger charge is 2.28. The van der Waals surface area contributed by atoms with Crippen molar-refractivity contribution in [3.63, 3.8) is 0 Å². The first-order valence-corrected chi connectivity index (χ1v) is 7.18. The number of carbonyl (C=O) groups is 1. The molecule has 0 spiro atoms. The van der Waals surface area contributed by atoms with E-state index >= 15 is 0 Å². The average molecular weight is 282 g/mol. The van der Waals surface area contributed by atoms with Crippen LogP contribution in [0.15, 0.2) is 48.8 Å². The van der Waals surface area contributed by atoms with Crippen LogP contribution in [0.3, 0.4) is 0 Å². The van der Waals surface area contributed by atoms with Crippen molar-refractivity contribution in [1.82, 2.24) is 4.98 Å². The van der Waals surface area contributed by atoms with E-state index < -0.39 is 5.97 Å². The van der Waals surface area contributed by atoms with Gasteiger partial charge >= 0.3 is 5.97 Å². The second-order valence-electron chi connectivity index (χ2n) is 5.42. The highest BCUT2D eigenvalue weighted by atomic mass is 16.4. The number of aromatic nitrogens is 1. The Hall–Kier alpha value is -2.36. The summed E-state index contributed by atoms with van der Waals surface area (Å²) in [5.41, 5.74) is 3.52. The van der Waals surface area contributed by atoms with Gasteiger partial charge in [-0.25, -0.2) is 0 Å². The molecule has 0 aliphatic carbocycles. The third-order valence-corrected chi connectivity index (χ3v) is 4.01. The van der Waals surface area contributed by atoms with Gasteiger partial charge in [-0.05, 0) is 42.2 Å². The van der Waals surface area contributed by atoms with Crippen LogP contribution in [0.2, 0.25) is 0 Å². The summed E-state index contributed by atoms with van der Waals surface area (Å²) >= 11 is 0. The number of rotatable bonds is 4. The zero-order chi connectivity index (χ0) is 14.7. The lowest BCUT2D eigenvalue weighted by Gasteiger charge is -2.34. The number of anilines is 1. The summed E-state index contributed by atoms with van der Waals surface area (Å²) in [6.07, 6.45) is 5.10. The molecule has 0 bridgehead atoms. The van der Waals surface area contributed by atoms with Crippen LogP contribution < -0.4 is 4.90 Å². The van der Waals surface area contributed by atoms with E-state index in [9.17, 15) is 9.90 Å². The molecular weight excluding hydrogens is 264 g/mol. The minimum atomic E-state index is -0.710. The van der Waals surface area contributed by atoms with Crippen LogP contribution in [-0.4, -0.2) is 29.1 Å². The molecule has 1 atom stereocenters. The van der Waals surface area contributed by atoms with Gasteiger partial charge in [0.2, 0.25) is 0 Å². The quantitative estimate of drug-likeness (QED) is 0.935. The van der Waals surface area contributed by atoms with E-state index in [-0.39, 0.29) is 5.92 Å². The summed E-state index contributed by atoms with van der Waals surface area (Å²) in [6, 6.07) is 12.1. The molecule has 0 radical (unpaired) electrons. The number of para-hydroxylation sites is 1. The van der Waals surface area contributed by atoms with Crippen LogP contribution in [0.1, 0.15) is 11.1 Å². The number of carboxylic acid groups (broad SMARTS) is 1.